The molecule has 9 heteroatoms. The molecule has 2 bridgehead atoms. The lowest BCUT2D eigenvalue weighted by molar-refractivity contribution is -0.155. The number of nitrogens with zero attached hydrogens (tertiary/aromatic N) is 1. The normalized spacial score (nSPS) is 31.9. The van der Waals surface area contributed by atoms with E-state index in [2.05, 4.69) is 78.9 Å². The van der Waals surface area contributed by atoms with Gasteiger partial charge in [0.25, 0.3) is 0 Å². The average Bonchev–Trinajstić information content (AvgIpc) is 3.26. The van der Waals surface area contributed by atoms with Gasteiger partial charge in [0, 0.05) is 28.2 Å². The Morgan fingerprint density at radius 1 is 1.33 bits per heavy atom. The first-order valence-electron chi connectivity index (χ1n) is 10.3. The molecule has 3 aliphatic carbocycles. The Morgan fingerprint density at radius 2 is 2.03 bits per heavy atom. The molecule has 3 saturated carbocycles. The van der Waals surface area contributed by atoms with Crippen molar-refractivity contribution >= 4 is 76.0 Å². The van der Waals surface area contributed by atoms with Crippen molar-refractivity contribution in [3.8, 4) is 0 Å². The zero-order chi connectivity index (χ0) is 22.1. The molecule has 0 spiro atoms. The second-order valence-corrected chi connectivity index (χ2v) is 14.3. The largest absolute Gasteiger partial charge is 0.462 e. The van der Waals surface area contributed by atoms with E-state index in [1.165, 1.54) is 11.3 Å². The molecule has 30 heavy (non-hydrogen) atoms. The van der Waals surface area contributed by atoms with Gasteiger partial charge in [-0.3, -0.25) is 4.79 Å². The molecule has 0 radical (unpaired) electrons. The SMILES string of the molecule is CCOC(=O)c1c(NC(=O)C23CCC(C(Br)Br)(C2Br)C3(C)C)sc2c1CCN(C)C2. The first-order chi connectivity index (χ1) is 14.0. The van der Waals surface area contributed by atoms with Crippen LogP contribution in [0.5, 0.6) is 0 Å². The zero-order valence-electron chi connectivity index (χ0n) is 17.6. The first-order valence-corrected chi connectivity index (χ1v) is 13.8. The summed E-state index contributed by atoms with van der Waals surface area (Å²) < 4.78 is 5.48. The molecule has 5 nitrogen and oxygen atoms in total. The molecule has 1 aromatic heterocycles. The Hall–Kier alpha value is 0.0400. The number of halogens is 3. The molecular formula is C21H27Br3N2O3S. The lowest BCUT2D eigenvalue weighted by Crippen LogP contribution is -2.71. The van der Waals surface area contributed by atoms with Crippen LogP contribution in [0.25, 0.3) is 0 Å². The maximum atomic E-state index is 13.7. The minimum absolute atomic E-state index is 0.000602. The van der Waals surface area contributed by atoms with Crippen LogP contribution >= 0.6 is 59.1 Å². The van der Waals surface area contributed by atoms with Crippen molar-refractivity contribution < 1.29 is 14.3 Å². The molecule has 3 unspecified atom stereocenters. The second kappa shape index (κ2) is 7.82. The van der Waals surface area contributed by atoms with Crippen molar-refractivity contribution in [1.82, 2.24) is 4.90 Å². The van der Waals surface area contributed by atoms with Crippen molar-refractivity contribution in [3.05, 3.63) is 16.0 Å². The Labute approximate surface area is 207 Å². The topological polar surface area (TPSA) is 58.6 Å². The Bertz CT molecular complexity index is 902. The van der Waals surface area contributed by atoms with Gasteiger partial charge in [0.1, 0.15) is 5.00 Å². The number of likely N-dealkylation sites (N-methyl/N-ethyl adjacent to an activating group) is 1. The van der Waals surface area contributed by atoms with E-state index in [1.807, 2.05) is 6.92 Å². The monoisotopic (exact) mass is 624 g/mol. The lowest BCUT2D eigenvalue weighted by atomic mass is 9.43. The van der Waals surface area contributed by atoms with Crippen LogP contribution in [0.3, 0.4) is 0 Å². The van der Waals surface area contributed by atoms with Crippen LogP contribution in [0.15, 0.2) is 0 Å². The quantitative estimate of drug-likeness (QED) is 0.345. The smallest absolute Gasteiger partial charge is 0.341 e. The number of thiophene rings is 1. The second-order valence-electron chi connectivity index (χ2n) is 9.17. The van der Waals surface area contributed by atoms with Gasteiger partial charge in [0.2, 0.25) is 5.91 Å². The number of carbonyl (C=O) groups excluding carboxylic acids is 2. The molecule has 3 atom stereocenters. The summed E-state index contributed by atoms with van der Waals surface area (Å²) in [5, 5.41) is 3.83. The maximum absolute atomic E-state index is 13.7. The molecule has 5 rings (SSSR count). The number of carbonyl (C=O) groups is 2. The van der Waals surface area contributed by atoms with Crippen LogP contribution in [0.4, 0.5) is 5.00 Å². The molecule has 1 amide bonds. The third kappa shape index (κ3) is 2.83. The van der Waals surface area contributed by atoms with Crippen molar-refractivity contribution in [1.29, 1.82) is 0 Å². The van der Waals surface area contributed by atoms with Crippen LogP contribution in [-0.2, 0) is 22.5 Å². The highest BCUT2D eigenvalue weighted by Crippen LogP contribution is 2.82. The van der Waals surface area contributed by atoms with Gasteiger partial charge in [-0.1, -0.05) is 61.6 Å². The van der Waals surface area contributed by atoms with Gasteiger partial charge in [0.05, 0.1) is 21.3 Å². The minimum Gasteiger partial charge on any atom is -0.462 e. The van der Waals surface area contributed by atoms with Crippen LogP contribution in [0.1, 0.15) is 54.4 Å². The predicted octanol–water partition coefficient (Wildman–Crippen LogP) is 5.54. The van der Waals surface area contributed by atoms with Gasteiger partial charge in [-0.25, -0.2) is 4.79 Å². The Balaban J connectivity index is 1.69. The van der Waals surface area contributed by atoms with Gasteiger partial charge in [-0.15, -0.1) is 11.3 Å². The summed E-state index contributed by atoms with van der Waals surface area (Å²) in [6.45, 7) is 8.18. The van der Waals surface area contributed by atoms with Crippen molar-refractivity contribution in [3.63, 3.8) is 0 Å². The summed E-state index contributed by atoms with van der Waals surface area (Å²) >= 11 is 12.9. The summed E-state index contributed by atoms with van der Waals surface area (Å²) in [5.41, 5.74) is 0.846. The van der Waals surface area contributed by atoms with E-state index in [1.54, 1.807) is 0 Å². The third-order valence-corrected chi connectivity index (χ3v) is 12.2. The van der Waals surface area contributed by atoms with Crippen LogP contribution in [0.2, 0.25) is 0 Å². The molecule has 3 fully saturated rings. The summed E-state index contributed by atoms with van der Waals surface area (Å²) in [6, 6.07) is 0. The van der Waals surface area contributed by atoms with Gasteiger partial charge in [0.15, 0.2) is 0 Å². The van der Waals surface area contributed by atoms with Crippen molar-refractivity contribution in [2.45, 2.75) is 55.1 Å². The standard InChI is InChI=1S/C21H27Br3N2O3S/c1-5-29-15(27)13-11-6-9-26(4)10-12(11)30-14(13)25-18(28)21-8-7-20(16(21)22,17(23)24)19(21,2)3/h16-17H,5-10H2,1-4H3,(H,25,28). The summed E-state index contributed by atoms with van der Waals surface area (Å²) in [4.78, 5) is 30.0. The molecule has 0 aromatic carbocycles. The van der Waals surface area contributed by atoms with Crippen molar-refractivity contribution in [2.24, 2.45) is 16.2 Å². The van der Waals surface area contributed by atoms with Gasteiger partial charge < -0.3 is 15.0 Å². The molecule has 1 aliphatic heterocycles. The fourth-order valence-electron chi connectivity index (χ4n) is 5.95. The molecule has 0 saturated heterocycles. The number of ether oxygens (including phenoxy) is 1. The number of rotatable bonds is 5. The van der Waals surface area contributed by atoms with E-state index < -0.39 is 5.41 Å². The minimum atomic E-state index is -0.514. The highest BCUT2D eigenvalue weighted by atomic mass is 79.9. The van der Waals surface area contributed by atoms with E-state index in [9.17, 15) is 9.59 Å². The van der Waals surface area contributed by atoms with Crippen LogP contribution in [0, 0.1) is 16.2 Å². The zero-order valence-corrected chi connectivity index (χ0v) is 23.2. The Morgan fingerprint density at radius 3 is 2.60 bits per heavy atom. The van der Waals surface area contributed by atoms with E-state index >= 15 is 0 Å². The number of fused-ring (bicyclic) bond motifs is 2. The summed E-state index contributed by atoms with van der Waals surface area (Å²) in [7, 11) is 2.07. The number of hydrogen-bond donors (Lipinski definition) is 1. The van der Waals surface area contributed by atoms with Crippen molar-refractivity contribution in [2.75, 3.05) is 25.5 Å². The highest BCUT2D eigenvalue weighted by Gasteiger charge is 2.83. The lowest BCUT2D eigenvalue weighted by Gasteiger charge is -2.66. The fourth-order valence-corrected chi connectivity index (χ4v) is 12.2. The van der Waals surface area contributed by atoms with E-state index in [0.717, 1.165) is 42.8 Å². The summed E-state index contributed by atoms with van der Waals surface area (Å²) in [6.07, 6.45) is 2.57. The number of amides is 1. The highest BCUT2D eigenvalue weighted by molar-refractivity contribution is 9.24. The Kier molecular flexibility index (Phi) is 6.05. The summed E-state index contributed by atoms with van der Waals surface area (Å²) in [5.74, 6) is -0.335. The molecule has 1 N–H and O–H groups in total. The molecule has 4 aliphatic rings. The third-order valence-electron chi connectivity index (χ3n) is 7.85. The van der Waals surface area contributed by atoms with E-state index in [-0.39, 0.29) is 31.3 Å². The predicted molar refractivity (Wildman–Crippen MR) is 131 cm³/mol. The average molecular weight is 627 g/mol. The number of esters is 1. The van der Waals surface area contributed by atoms with E-state index in [0.29, 0.717) is 17.2 Å². The molecule has 2 heterocycles. The molecule has 1 aromatic rings. The number of hydrogen-bond acceptors (Lipinski definition) is 5. The molecule has 166 valence electrons. The van der Waals surface area contributed by atoms with Crippen LogP contribution in [-0.4, -0.2) is 45.5 Å². The number of nitrogens with one attached hydrogen (secondary N) is 1. The van der Waals surface area contributed by atoms with Gasteiger partial charge in [-0.05, 0) is 44.2 Å². The molecular weight excluding hydrogens is 600 g/mol. The van der Waals surface area contributed by atoms with Crippen LogP contribution < -0.4 is 5.32 Å². The number of alkyl halides is 3. The first kappa shape index (κ1) is 23.2. The van der Waals surface area contributed by atoms with Gasteiger partial charge >= 0.3 is 5.97 Å². The maximum Gasteiger partial charge on any atom is 0.341 e. The number of anilines is 1. The fraction of sp³-hybridized carbons (Fsp3) is 0.714. The van der Waals surface area contributed by atoms with E-state index in [4.69, 9.17) is 4.74 Å². The van der Waals surface area contributed by atoms with Gasteiger partial charge in [-0.2, -0.15) is 0 Å².